The molecular formula is C19H24N4O5. The van der Waals surface area contributed by atoms with Crippen LogP contribution in [0.15, 0.2) is 24.3 Å². The van der Waals surface area contributed by atoms with Crippen LogP contribution in [0.5, 0.6) is 0 Å². The van der Waals surface area contributed by atoms with Crippen molar-refractivity contribution < 1.29 is 23.9 Å². The van der Waals surface area contributed by atoms with Crippen molar-refractivity contribution >= 4 is 29.4 Å². The zero-order valence-electron chi connectivity index (χ0n) is 15.8. The summed E-state index contributed by atoms with van der Waals surface area (Å²) in [6, 6.07) is 5.74. The fraction of sp³-hybridized carbons (Fsp3) is 0.474. The van der Waals surface area contributed by atoms with E-state index in [0.717, 1.165) is 0 Å². The number of nitrogens with zero attached hydrogens (tertiary/aromatic N) is 3. The van der Waals surface area contributed by atoms with E-state index in [2.05, 4.69) is 0 Å². The quantitative estimate of drug-likeness (QED) is 0.521. The highest BCUT2D eigenvalue weighted by atomic mass is 16.5. The number of esters is 1. The largest absolute Gasteiger partial charge is 0.462 e. The Bertz CT molecular complexity index is 771. The first-order valence-corrected chi connectivity index (χ1v) is 9.29. The van der Waals surface area contributed by atoms with Crippen LogP contribution in [0.4, 0.5) is 5.69 Å². The highest BCUT2D eigenvalue weighted by molar-refractivity contribution is 6.22. The number of hydrogen-bond acceptors (Lipinski definition) is 7. The van der Waals surface area contributed by atoms with Crippen LogP contribution < -0.4 is 10.6 Å². The van der Waals surface area contributed by atoms with Gasteiger partial charge >= 0.3 is 5.97 Å². The minimum Gasteiger partial charge on any atom is -0.462 e. The van der Waals surface area contributed by atoms with Gasteiger partial charge in [-0.1, -0.05) is 0 Å². The number of anilines is 1. The van der Waals surface area contributed by atoms with Crippen molar-refractivity contribution in [2.45, 2.75) is 19.4 Å². The number of amides is 3. The summed E-state index contributed by atoms with van der Waals surface area (Å²) in [5.74, 6) is -1.35. The maximum atomic E-state index is 12.9. The molecule has 3 amide bonds. The van der Waals surface area contributed by atoms with E-state index >= 15 is 0 Å². The van der Waals surface area contributed by atoms with Gasteiger partial charge in [0.05, 0.1) is 36.9 Å². The van der Waals surface area contributed by atoms with Crippen molar-refractivity contribution in [2.75, 3.05) is 44.2 Å². The van der Waals surface area contributed by atoms with Crippen molar-refractivity contribution in [2.24, 2.45) is 5.73 Å². The first-order valence-electron chi connectivity index (χ1n) is 9.29. The highest BCUT2D eigenvalue weighted by Gasteiger charge is 2.43. The van der Waals surface area contributed by atoms with Gasteiger partial charge in [-0.25, -0.2) is 9.69 Å². The van der Waals surface area contributed by atoms with Crippen molar-refractivity contribution in [1.82, 2.24) is 9.80 Å². The first-order chi connectivity index (χ1) is 13.4. The molecule has 0 saturated carbocycles. The molecule has 0 spiro atoms. The van der Waals surface area contributed by atoms with E-state index in [0.29, 0.717) is 37.4 Å². The molecule has 0 unspecified atom stereocenters. The van der Waals surface area contributed by atoms with Crippen LogP contribution in [0, 0.1) is 0 Å². The van der Waals surface area contributed by atoms with Crippen LogP contribution in [0.3, 0.4) is 0 Å². The summed E-state index contributed by atoms with van der Waals surface area (Å²) in [5.41, 5.74) is 6.03. The Balaban J connectivity index is 1.65. The van der Waals surface area contributed by atoms with E-state index in [4.69, 9.17) is 10.5 Å². The minimum absolute atomic E-state index is 0.119. The van der Waals surface area contributed by atoms with Crippen molar-refractivity contribution in [1.29, 1.82) is 0 Å². The van der Waals surface area contributed by atoms with E-state index in [1.165, 1.54) is 4.90 Å². The summed E-state index contributed by atoms with van der Waals surface area (Å²) < 4.78 is 4.94. The fourth-order valence-corrected chi connectivity index (χ4v) is 3.59. The second-order valence-electron chi connectivity index (χ2n) is 6.83. The van der Waals surface area contributed by atoms with Gasteiger partial charge in [-0.2, -0.15) is 0 Å². The maximum Gasteiger partial charge on any atom is 0.338 e. The lowest BCUT2D eigenvalue weighted by Crippen LogP contribution is -2.53. The molecule has 1 aromatic rings. The molecule has 1 aromatic carbocycles. The summed E-state index contributed by atoms with van der Waals surface area (Å²) >= 11 is 0. The van der Waals surface area contributed by atoms with E-state index < -0.39 is 12.0 Å². The lowest BCUT2D eigenvalue weighted by Gasteiger charge is -2.36. The number of hydrogen-bond donors (Lipinski definition) is 1. The number of nitrogens with two attached hydrogens (primary N) is 1. The van der Waals surface area contributed by atoms with E-state index in [-0.39, 0.29) is 37.3 Å². The monoisotopic (exact) mass is 388 g/mol. The maximum absolute atomic E-state index is 12.9. The average Bonchev–Trinajstić information content (AvgIpc) is 2.96. The van der Waals surface area contributed by atoms with Crippen LogP contribution in [-0.2, 0) is 19.1 Å². The molecule has 1 atom stereocenters. The van der Waals surface area contributed by atoms with E-state index in [1.807, 2.05) is 9.80 Å². The standard InChI is InChI=1S/C19H24N4O5/c1-2-28-19(27)13-3-5-14(6-4-13)23-17(25)11-15(18(23)26)22-9-7-21(8-10-22)12-16(20)24/h3-6,15H,2,7-12H2,1H3,(H2,20,24)/t15-/m1/s1. The normalized spacial score (nSPS) is 21.2. The third-order valence-electron chi connectivity index (χ3n) is 4.99. The Hall–Kier alpha value is -2.78. The molecule has 9 nitrogen and oxygen atoms in total. The van der Waals surface area contributed by atoms with Crippen molar-refractivity contribution in [3.63, 3.8) is 0 Å². The van der Waals surface area contributed by atoms with Gasteiger partial charge in [0, 0.05) is 26.2 Å². The molecule has 2 aliphatic heterocycles. The van der Waals surface area contributed by atoms with Crippen molar-refractivity contribution in [3.8, 4) is 0 Å². The Kier molecular flexibility index (Phi) is 6.05. The third kappa shape index (κ3) is 4.20. The van der Waals surface area contributed by atoms with Gasteiger partial charge in [-0.05, 0) is 31.2 Å². The van der Waals surface area contributed by atoms with Crippen LogP contribution in [0.2, 0.25) is 0 Å². The molecule has 0 radical (unpaired) electrons. The number of primary amides is 1. The third-order valence-corrected chi connectivity index (χ3v) is 4.99. The molecular weight excluding hydrogens is 364 g/mol. The SMILES string of the molecule is CCOC(=O)c1ccc(N2C(=O)C[C@@H](N3CCN(CC(N)=O)CC3)C2=O)cc1. The van der Waals surface area contributed by atoms with Gasteiger partial charge in [0.15, 0.2) is 0 Å². The number of imide groups is 1. The van der Waals surface area contributed by atoms with Gasteiger partial charge in [0.2, 0.25) is 11.8 Å². The molecule has 2 fully saturated rings. The minimum atomic E-state index is -0.507. The zero-order chi connectivity index (χ0) is 20.3. The number of ether oxygens (including phenoxy) is 1. The predicted molar refractivity (Wildman–Crippen MR) is 101 cm³/mol. The summed E-state index contributed by atoms with van der Waals surface area (Å²) in [4.78, 5) is 53.2. The molecule has 2 heterocycles. The summed E-state index contributed by atoms with van der Waals surface area (Å²) in [5, 5.41) is 0. The highest BCUT2D eigenvalue weighted by Crippen LogP contribution is 2.26. The second kappa shape index (κ2) is 8.49. The molecule has 2 N–H and O–H groups in total. The molecule has 2 saturated heterocycles. The molecule has 28 heavy (non-hydrogen) atoms. The van der Waals surface area contributed by atoms with Crippen molar-refractivity contribution in [3.05, 3.63) is 29.8 Å². The number of piperazine rings is 1. The molecule has 0 aromatic heterocycles. The number of carbonyl (C=O) groups excluding carboxylic acids is 4. The lowest BCUT2D eigenvalue weighted by atomic mass is 10.1. The molecule has 3 rings (SSSR count). The molecule has 150 valence electrons. The van der Waals surface area contributed by atoms with Gasteiger partial charge in [0.1, 0.15) is 0 Å². The Labute approximate surface area is 163 Å². The Morgan fingerprint density at radius 1 is 1.11 bits per heavy atom. The molecule has 0 aliphatic carbocycles. The molecule has 0 bridgehead atoms. The average molecular weight is 388 g/mol. The van der Waals surface area contributed by atoms with E-state index in [1.54, 1.807) is 31.2 Å². The van der Waals surface area contributed by atoms with Gasteiger partial charge in [-0.3, -0.25) is 24.2 Å². The Morgan fingerprint density at radius 3 is 2.32 bits per heavy atom. The number of carbonyl (C=O) groups is 4. The summed E-state index contributed by atoms with van der Waals surface area (Å²) in [6.45, 7) is 4.62. The van der Waals surface area contributed by atoms with Gasteiger partial charge in [0.25, 0.3) is 5.91 Å². The topological polar surface area (TPSA) is 113 Å². The van der Waals surface area contributed by atoms with Gasteiger partial charge < -0.3 is 10.5 Å². The Morgan fingerprint density at radius 2 is 1.75 bits per heavy atom. The predicted octanol–water partition coefficient (Wildman–Crippen LogP) is -0.402. The molecule has 2 aliphatic rings. The van der Waals surface area contributed by atoms with Crippen LogP contribution in [-0.4, -0.2) is 78.9 Å². The van der Waals surface area contributed by atoms with Gasteiger partial charge in [-0.15, -0.1) is 0 Å². The second-order valence-corrected chi connectivity index (χ2v) is 6.83. The molecule has 9 heteroatoms. The van der Waals surface area contributed by atoms with E-state index in [9.17, 15) is 19.2 Å². The fourth-order valence-electron chi connectivity index (χ4n) is 3.59. The van der Waals surface area contributed by atoms with Crippen LogP contribution in [0.25, 0.3) is 0 Å². The number of benzene rings is 1. The van der Waals surface area contributed by atoms with Crippen LogP contribution >= 0.6 is 0 Å². The van der Waals surface area contributed by atoms with Crippen LogP contribution in [0.1, 0.15) is 23.7 Å². The zero-order valence-corrected chi connectivity index (χ0v) is 15.8. The lowest BCUT2D eigenvalue weighted by molar-refractivity contribution is -0.124. The summed E-state index contributed by atoms with van der Waals surface area (Å²) in [6.07, 6.45) is 0.119. The number of rotatable bonds is 6. The smallest absolute Gasteiger partial charge is 0.338 e. The first kappa shape index (κ1) is 20.0. The summed E-state index contributed by atoms with van der Waals surface area (Å²) in [7, 11) is 0.